The maximum Gasteiger partial charge on any atom is 0.137 e. The van der Waals surface area contributed by atoms with Crippen LogP contribution in [0.5, 0.6) is 0 Å². The first-order valence-electron chi connectivity index (χ1n) is 5.86. The monoisotopic (exact) mass is 386 g/mol. The molecule has 0 bridgehead atoms. The van der Waals surface area contributed by atoms with Crippen molar-refractivity contribution in [1.29, 1.82) is 0 Å². The predicted molar refractivity (Wildman–Crippen MR) is 81.6 cm³/mol. The summed E-state index contributed by atoms with van der Waals surface area (Å²) in [4.78, 5) is 0. The molecule has 0 aliphatic heterocycles. The van der Waals surface area contributed by atoms with Crippen LogP contribution in [0, 0.1) is 12.7 Å². The molecule has 0 aromatic heterocycles. The Balaban J connectivity index is 2.23. The summed E-state index contributed by atoms with van der Waals surface area (Å²) in [5, 5.41) is 10.2. The fraction of sp³-hybridized carbons (Fsp3) is 0.200. The van der Waals surface area contributed by atoms with Gasteiger partial charge < -0.3 is 5.11 Å². The van der Waals surface area contributed by atoms with Crippen LogP contribution in [0.4, 0.5) is 4.39 Å². The Morgan fingerprint density at radius 1 is 1.21 bits per heavy atom. The van der Waals surface area contributed by atoms with Gasteiger partial charge in [0.1, 0.15) is 5.82 Å². The van der Waals surface area contributed by atoms with Gasteiger partial charge in [0.25, 0.3) is 0 Å². The van der Waals surface area contributed by atoms with E-state index in [1.165, 1.54) is 6.07 Å². The van der Waals surface area contributed by atoms with Gasteiger partial charge in [-0.2, -0.15) is 0 Å². The molecule has 2 aromatic carbocycles. The van der Waals surface area contributed by atoms with Crippen molar-refractivity contribution in [3.63, 3.8) is 0 Å². The van der Waals surface area contributed by atoms with Crippen LogP contribution in [0.2, 0.25) is 0 Å². The summed E-state index contributed by atoms with van der Waals surface area (Å²) < 4.78 is 14.8. The van der Waals surface area contributed by atoms with Crippen molar-refractivity contribution in [3.8, 4) is 0 Å². The van der Waals surface area contributed by atoms with E-state index in [1.807, 2.05) is 31.2 Å². The zero-order valence-electron chi connectivity index (χ0n) is 10.3. The Morgan fingerprint density at radius 3 is 2.63 bits per heavy atom. The molecule has 0 amide bonds. The highest BCUT2D eigenvalue weighted by molar-refractivity contribution is 9.10. The number of benzene rings is 2. The zero-order chi connectivity index (χ0) is 14.0. The smallest absolute Gasteiger partial charge is 0.137 e. The van der Waals surface area contributed by atoms with Gasteiger partial charge in [-0.3, -0.25) is 0 Å². The minimum atomic E-state index is -0.648. The van der Waals surface area contributed by atoms with E-state index >= 15 is 0 Å². The molecule has 0 saturated carbocycles. The molecule has 100 valence electrons. The van der Waals surface area contributed by atoms with Crippen LogP contribution in [0.3, 0.4) is 0 Å². The van der Waals surface area contributed by atoms with Crippen molar-refractivity contribution in [2.45, 2.75) is 19.4 Å². The lowest BCUT2D eigenvalue weighted by Gasteiger charge is -2.14. The van der Waals surface area contributed by atoms with E-state index in [0.717, 1.165) is 21.2 Å². The summed E-state index contributed by atoms with van der Waals surface area (Å²) in [5.41, 5.74) is 2.65. The largest absolute Gasteiger partial charge is 0.388 e. The van der Waals surface area contributed by atoms with E-state index in [0.29, 0.717) is 10.9 Å². The van der Waals surface area contributed by atoms with Crippen molar-refractivity contribution in [2.75, 3.05) is 0 Å². The van der Waals surface area contributed by atoms with Gasteiger partial charge in [-0.1, -0.05) is 40.2 Å². The Hall–Kier alpha value is -0.710. The molecule has 0 aliphatic carbocycles. The molecule has 0 aliphatic rings. The summed E-state index contributed by atoms with van der Waals surface area (Å²) in [6, 6.07) is 10.6. The molecule has 1 unspecified atom stereocenters. The summed E-state index contributed by atoms with van der Waals surface area (Å²) in [7, 11) is 0. The fourth-order valence-electron chi connectivity index (χ4n) is 1.91. The Bertz CT molecular complexity index is 599. The van der Waals surface area contributed by atoms with Crippen LogP contribution in [0.1, 0.15) is 22.8 Å². The summed E-state index contributed by atoms with van der Waals surface area (Å²) in [6.45, 7) is 1.97. The van der Waals surface area contributed by atoms with Crippen LogP contribution in [-0.4, -0.2) is 5.11 Å². The normalized spacial score (nSPS) is 12.5. The highest BCUT2D eigenvalue weighted by atomic mass is 79.9. The van der Waals surface area contributed by atoms with E-state index in [1.54, 1.807) is 6.07 Å². The molecule has 1 N–H and O–H groups in total. The molecule has 0 heterocycles. The van der Waals surface area contributed by atoms with Gasteiger partial charge in [0.2, 0.25) is 0 Å². The van der Waals surface area contributed by atoms with E-state index < -0.39 is 6.10 Å². The van der Waals surface area contributed by atoms with Crippen molar-refractivity contribution in [3.05, 3.63) is 67.9 Å². The van der Waals surface area contributed by atoms with E-state index in [-0.39, 0.29) is 5.82 Å². The number of hydrogen-bond donors (Lipinski definition) is 1. The second-order valence-corrected chi connectivity index (χ2v) is 6.09. The molecule has 0 fully saturated rings. The van der Waals surface area contributed by atoms with Gasteiger partial charge >= 0.3 is 0 Å². The Labute approximate surface area is 128 Å². The molecule has 4 heteroatoms. The standard InChI is InChI=1S/C15H13Br2FO/c1-9-7-10(5-6-12(9)16)14(19)8-11-3-2-4-13(18)15(11)17/h2-7,14,19H,8H2,1H3. The van der Waals surface area contributed by atoms with Gasteiger partial charge in [-0.15, -0.1) is 0 Å². The molecular formula is C15H13Br2FO. The molecule has 1 atom stereocenters. The Kier molecular flexibility index (Phi) is 4.76. The van der Waals surface area contributed by atoms with Gasteiger partial charge in [-0.25, -0.2) is 4.39 Å². The topological polar surface area (TPSA) is 20.2 Å². The van der Waals surface area contributed by atoms with Crippen LogP contribution in [0.25, 0.3) is 0 Å². The average Bonchev–Trinajstić information content (AvgIpc) is 2.38. The van der Waals surface area contributed by atoms with Gasteiger partial charge in [0, 0.05) is 10.9 Å². The SMILES string of the molecule is Cc1cc(C(O)Cc2cccc(F)c2Br)ccc1Br. The molecule has 19 heavy (non-hydrogen) atoms. The van der Waals surface area contributed by atoms with Crippen molar-refractivity contribution in [2.24, 2.45) is 0 Å². The molecule has 2 aromatic rings. The lowest BCUT2D eigenvalue weighted by atomic mass is 10.00. The molecule has 0 saturated heterocycles. The second kappa shape index (κ2) is 6.16. The van der Waals surface area contributed by atoms with Gasteiger partial charge in [0.05, 0.1) is 10.6 Å². The highest BCUT2D eigenvalue weighted by Gasteiger charge is 2.13. The van der Waals surface area contributed by atoms with Crippen LogP contribution >= 0.6 is 31.9 Å². The van der Waals surface area contributed by atoms with Crippen molar-refractivity contribution < 1.29 is 9.50 Å². The van der Waals surface area contributed by atoms with Crippen LogP contribution < -0.4 is 0 Å². The van der Waals surface area contributed by atoms with Crippen LogP contribution in [0.15, 0.2) is 45.3 Å². The number of aryl methyl sites for hydroxylation is 1. The Morgan fingerprint density at radius 2 is 1.95 bits per heavy atom. The molecule has 0 radical (unpaired) electrons. The van der Waals surface area contributed by atoms with Gasteiger partial charge in [-0.05, 0) is 51.7 Å². The summed E-state index contributed by atoms with van der Waals surface area (Å²) in [5.74, 6) is -0.309. The third kappa shape index (κ3) is 3.44. The third-order valence-corrected chi connectivity index (χ3v) is 4.79. The molecular weight excluding hydrogens is 375 g/mol. The minimum absolute atomic E-state index is 0.309. The number of hydrogen-bond acceptors (Lipinski definition) is 1. The van der Waals surface area contributed by atoms with Crippen LogP contribution in [-0.2, 0) is 6.42 Å². The number of rotatable bonds is 3. The molecule has 2 rings (SSSR count). The first-order valence-corrected chi connectivity index (χ1v) is 7.44. The molecule has 1 nitrogen and oxygen atoms in total. The minimum Gasteiger partial charge on any atom is -0.388 e. The van der Waals surface area contributed by atoms with Crippen molar-refractivity contribution >= 4 is 31.9 Å². The highest BCUT2D eigenvalue weighted by Crippen LogP contribution is 2.27. The fourth-order valence-corrected chi connectivity index (χ4v) is 2.58. The lowest BCUT2D eigenvalue weighted by Crippen LogP contribution is -2.03. The van der Waals surface area contributed by atoms with E-state index in [4.69, 9.17) is 0 Å². The maximum absolute atomic E-state index is 13.4. The second-order valence-electron chi connectivity index (χ2n) is 4.44. The maximum atomic E-state index is 13.4. The van der Waals surface area contributed by atoms with Gasteiger partial charge in [0.15, 0.2) is 0 Å². The number of aliphatic hydroxyl groups is 1. The van der Waals surface area contributed by atoms with E-state index in [2.05, 4.69) is 31.9 Å². The summed E-state index contributed by atoms with van der Waals surface area (Å²) >= 11 is 6.64. The predicted octanol–water partition coefficient (Wildman–Crippen LogP) is 4.94. The average molecular weight is 388 g/mol. The molecule has 0 spiro atoms. The first kappa shape index (κ1) is 14.7. The lowest BCUT2D eigenvalue weighted by molar-refractivity contribution is 0.178. The van der Waals surface area contributed by atoms with E-state index in [9.17, 15) is 9.50 Å². The number of halogens is 3. The van der Waals surface area contributed by atoms with Crippen molar-refractivity contribution in [1.82, 2.24) is 0 Å². The first-order chi connectivity index (χ1) is 8.99. The third-order valence-electron chi connectivity index (χ3n) is 3.01. The zero-order valence-corrected chi connectivity index (χ0v) is 13.5. The number of aliphatic hydroxyl groups excluding tert-OH is 1. The summed E-state index contributed by atoms with van der Waals surface area (Å²) in [6.07, 6.45) is -0.274. The quantitative estimate of drug-likeness (QED) is 0.791.